The summed E-state index contributed by atoms with van der Waals surface area (Å²) in [6.45, 7) is 2.27. The summed E-state index contributed by atoms with van der Waals surface area (Å²) in [6, 6.07) is 0. The topological polar surface area (TPSA) is 20.2 Å². The molecule has 0 bridgehead atoms. The van der Waals surface area contributed by atoms with Crippen LogP contribution in [0, 0.1) is 0 Å². The molecule has 0 aliphatic heterocycles. The molecule has 0 aliphatic carbocycles. The fraction of sp³-hybridized carbons (Fsp3) is 1.00. The van der Waals surface area contributed by atoms with E-state index in [1.165, 1.54) is 64.2 Å². The molecule has 0 aromatic rings. The first kappa shape index (κ1) is 17.3. The Kier molecular flexibility index (Phi) is 14.6. The zero-order valence-electron chi connectivity index (χ0n) is 11.9. The second kappa shape index (κ2) is 14.4. The molecule has 0 aliphatic rings. The summed E-state index contributed by atoms with van der Waals surface area (Å²) in [5.41, 5.74) is 0. The zero-order valence-corrected chi connectivity index (χ0v) is 12.7. The van der Waals surface area contributed by atoms with Crippen molar-refractivity contribution in [2.75, 3.05) is 12.0 Å². The van der Waals surface area contributed by atoms with Crippen LogP contribution in [0.15, 0.2) is 0 Å². The highest BCUT2D eigenvalue weighted by molar-refractivity contribution is 7.98. The van der Waals surface area contributed by atoms with Crippen LogP contribution in [-0.4, -0.2) is 23.2 Å². The van der Waals surface area contributed by atoms with Crippen LogP contribution in [0.25, 0.3) is 0 Å². The quantitative estimate of drug-likeness (QED) is 0.469. The maximum Gasteiger partial charge on any atom is 0.0630 e. The third kappa shape index (κ3) is 14.2. The van der Waals surface area contributed by atoms with Gasteiger partial charge >= 0.3 is 0 Å². The van der Waals surface area contributed by atoms with Gasteiger partial charge in [-0.15, -0.1) is 0 Å². The van der Waals surface area contributed by atoms with E-state index in [9.17, 15) is 5.11 Å². The monoisotopic (exact) mass is 260 g/mol. The zero-order chi connectivity index (χ0) is 12.8. The van der Waals surface area contributed by atoms with Crippen molar-refractivity contribution in [2.45, 2.75) is 83.7 Å². The van der Waals surface area contributed by atoms with E-state index in [1.54, 1.807) is 11.8 Å². The van der Waals surface area contributed by atoms with Gasteiger partial charge in [-0.3, -0.25) is 0 Å². The molecule has 0 aromatic heterocycles. The van der Waals surface area contributed by atoms with E-state index < -0.39 is 0 Å². The molecule has 0 radical (unpaired) electrons. The number of unbranched alkanes of at least 4 members (excludes halogenated alkanes) is 9. The summed E-state index contributed by atoms with van der Waals surface area (Å²) >= 11 is 1.74. The molecule has 0 fully saturated rings. The van der Waals surface area contributed by atoms with Crippen molar-refractivity contribution < 1.29 is 5.11 Å². The van der Waals surface area contributed by atoms with Crippen LogP contribution in [0.2, 0.25) is 0 Å². The lowest BCUT2D eigenvalue weighted by Gasteiger charge is -2.08. The Labute approximate surface area is 113 Å². The van der Waals surface area contributed by atoms with Crippen molar-refractivity contribution >= 4 is 11.8 Å². The molecule has 0 amide bonds. The van der Waals surface area contributed by atoms with E-state index in [-0.39, 0.29) is 6.10 Å². The van der Waals surface area contributed by atoms with Crippen molar-refractivity contribution in [3.05, 3.63) is 0 Å². The van der Waals surface area contributed by atoms with Crippen LogP contribution >= 0.6 is 11.8 Å². The van der Waals surface area contributed by atoms with Gasteiger partial charge in [-0.1, -0.05) is 71.1 Å². The first-order valence-electron chi connectivity index (χ1n) is 7.48. The molecule has 0 heterocycles. The standard InChI is InChI=1S/C15H32OS/c1-3-4-5-6-7-8-9-10-11-12-13-15(16)14-17-2/h15-16H,3-14H2,1-2H3. The van der Waals surface area contributed by atoms with E-state index in [1.807, 2.05) is 0 Å². The van der Waals surface area contributed by atoms with Gasteiger partial charge in [-0.05, 0) is 12.7 Å². The summed E-state index contributed by atoms with van der Waals surface area (Å²) < 4.78 is 0. The molecular weight excluding hydrogens is 228 g/mol. The van der Waals surface area contributed by atoms with Crippen LogP contribution < -0.4 is 0 Å². The minimum atomic E-state index is -0.0703. The molecule has 0 saturated carbocycles. The summed E-state index contributed by atoms with van der Waals surface area (Å²) in [7, 11) is 0. The highest BCUT2D eigenvalue weighted by atomic mass is 32.2. The van der Waals surface area contributed by atoms with Crippen molar-refractivity contribution in [1.29, 1.82) is 0 Å². The third-order valence-corrected chi connectivity index (χ3v) is 3.97. The highest BCUT2D eigenvalue weighted by Crippen LogP contribution is 2.12. The molecule has 1 N–H and O–H groups in total. The lowest BCUT2D eigenvalue weighted by molar-refractivity contribution is 0.185. The Hall–Kier alpha value is 0.310. The van der Waals surface area contributed by atoms with E-state index in [2.05, 4.69) is 13.2 Å². The molecular formula is C15H32OS. The van der Waals surface area contributed by atoms with Crippen LogP contribution in [0.3, 0.4) is 0 Å². The van der Waals surface area contributed by atoms with Crippen LogP contribution in [0.5, 0.6) is 0 Å². The van der Waals surface area contributed by atoms with Gasteiger partial charge in [0.05, 0.1) is 6.10 Å². The molecule has 104 valence electrons. The van der Waals surface area contributed by atoms with Gasteiger partial charge in [0.25, 0.3) is 0 Å². The fourth-order valence-electron chi connectivity index (χ4n) is 2.14. The minimum absolute atomic E-state index is 0.0703. The van der Waals surface area contributed by atoms with Gasteiger partial charge in [-0.2, -0.15) is 11.8 Å². The molecule has 1 nitrogen and oxygen atoms in total. The summed E-state index contributed by atoms with van der Waals surface area (Å²) in [5, 5.41) is 9.55. The van der Waals surface area contributed by atoms with Crippen LogP contribution in [0.4, 0.5) is 0 Å². The molecule has 0 saturated heterocycles. The third-order valence-electron chi connectivity index (χ3n) is 3.25. The van der Waals surface area contributed by atoms with Crippen molar-refractivity contribution in [3.8, 4) is 0 Å². The Morgan fingerprint density at radius 2 is 1.29 bits per heavy atom. The van der Waals surface area contributed by atoms with Crippen LogP contribution in [0.1, 0.15) is 77.6 Å². The van der Waals surface area contributed by atoms with Crippen LogP contribution in [-0.2, 0) is 0 Å². The molecule has 2 heteroatoms. The van der Waals surface area contributed by atoms with Crippen molar-refractivity contribution in [2.24, 2.45) is 0 Å². The molecule has 0 spiro atoms. The Balaban J connectivity index is 2.98. The summed E-state index contributed by atoms with van der Waals surface area (Å²) in [4.78, 5) is 0. The summed E-state index contributed by atoms with van der Waals surface area (Å²) in [5.74, 6) is 0.900. The normalized spacial score (nSPS) is 12.9. The van der Waals surface area contributed by atoms with Crippen molar-refractivity contribution in [3.63, 3.8) is 0 Å². The second-order valence-electron chi connectivity index (χ2n) is 5.08. The number of hydrogen-bond donors (Lipinski definition) is 1. The van der Waals surface area contributed by atoms with Gasteiger partial charge < -0.3 is 5.11 Å². The lowest BCUT2D eigenvalue weighted by atomic mass is 10.1. The maximum atomic E-state index is 9.55. The number of rotatable bonds is 13. The lowest BCUT2D eigenvalue weighted by Crippen LogP contribution is -2.08. The molecule has 1 atom stereocenters. The van der Waals surface area contributed by atoms with E-state index in [0.29, 0.717) is 0 Å². The maximum absolute atomic E-state index is 9.55. The first-order chi connectivity index (χ1) is 8.31. The Morgan fingerprint density at radius 1 is 0.824 bits per heavy atom. The predicted molar refractivity (Wildman–Crippen MR) is 80.8 cm³/mol. The summed E-state index contributed by atoms with van der Waals surface area (Å²) in [6.07, 6.45) is 16.7. The van der Waals surface area contributed by atoms with Crippen molar-refractivity contribution in [1.82, 2.24) is 0 Å². The van der Waals surface area contributed by atoms with Gasteiger partial charge in [0.15, 0.2) is 0 Å². The average Bonchev–Trinajstić information content (AvgIpc) is 2.32. The SMILES string of the molecule is CCCCCCCCCCCCC(O)CSC. The number of aliphatic hydroxyl groups excluding tert-OH is 1. The fourth-order valence-corrected chi connectivity index (χ4v) is 2.69. The first-order valence-corrected chi connectivity index (χ1v) is 8.87. The van der Waals surface area contributed by atoms with Gasteiger partial charge in [0, 0.05) is 5.75 Å². The number of aliphatic hydroxyl groups is 1. The smallest absolute Gasteiger partial charge is 0.0630 e. The number of thioether (sulfide) groups is 1. The predicted octanol–water partition coefficient (Wildman–Crippen LogP) is 5.02. The second-order valence-corrected chi connectivity index (χ2v) is 5.99. The van der Waals surface area contributed by atoms with E-state index >= 15 is 0 Å². The largest absolute Gasteiger partial charge is 0.392 e. The minimum Gasteiger partial charge on any atom is -0.392 e. The Bertz CT molecular complexity index is 139. The van der Waals surface area contributed by atoms with E-state index in [0.717, 1.165) is 12.2 Å². The molecule has 17 heavy (non-hydrogen) atoms. The van der Waals surface area contributed by atoms with Gasteiger partial charge in [-0.25, -0.2) is 0 Å². The van der Waals surface area contributed by atoms with Gasteiger partial charge in [0.2, 0.25) is 0 Å². The highest BCUT2D eigenvalue weighted by Gasteiger charge is 2.01. The molecule has 0 rings (SSSR count). The Morgan fingerprint density at radius 3 is 1.76 bits per heavy atom. The van der Waals surface area contributed by atoms with Gasteiger partial charge in [0.1, 0.15) is 0 Å². The average molecular weight is 260 g/mol. The molecule has 1 unspecified atom stereocenters. The molecule has 0 aromatic carbocycles. The van der Waals surface area contributed by atoms with E-state index in [4.69, 9.17) is 0 Å². The number of hydrogen-bond acceptors (Lipinski definition) is 2.